The normalized spacial score (nSPS) is 21.4. The van der Waals surface area contributed by atoms with Crippen LogP contribution in [0.2, 0.25) is 0 Å². The fourth-order valence-electron chi connectivity index (χ4n) is 3.51. The molecule has 0 spiro atoms. The van der Waals surface area contributed by atoms with E-state index in [-0.39, 0.29) is 42.1 Å². The molecule has 1 atom stereocenters. The third kappa shape index (κ3) is 4.00. The Balaban J connectivity index is 1.56. The number of carbonyl (C=O) groups is 1. The second kappa shape index (κ2) is 7.22. The zero-order chi connectivity index (χ0) is 19.8. The first-order chi connectivity index (χ1) is 12.7. The number of amides is 1. The molecule has 0 aromatic carbocycles. The largest absolute Gasteiger partial charge is 0.360 e. The van der Waals surface area contributed by atoms with Crippen molar-refractivity contribution in [3.63, 3.8) is 0 Å². The third-order valence-electron chi connectivity index (χ3n) is 5.29. The van der Waals surface area contributed by atoms with Gasteiger partial charge in [0.1, 0.15) is 16.1 Å². The van der Waals surface area contributed by atoms with Gasteiger partial charge in [-0.3, -0.25) is 9.69 Å². The minimum absolute atomic E-state index is 0.128. The maximum Gasteiger partial charge on any atom is 0.248 e. The number of aryl methyl sites for hydroxylation is 2. The van der Waals surface area contributed by atoms with Gasteiger partial charge in [0.15, 0.2) is 5.76 Å². The molecule has 1 saturated carbocycles. The molecule has 9 nitrogen and oxygen atoms in total. The van der Waals surface area contributed by atoms with Crippen LogP contribution in [0.25, 0.3) is 0 Å². The van der Waals surface area contributed by atoms with Crippen molar-refractivity contribution in [3.8, 4) is 6.07 Å². The van der Waals surface area contributed by atoms with Crippen molar-refractivity contribution in [2.45, 2.75) is 44.0 Å². The lowest BCUT2D eigenvalue weighted by Gasteiger charge is -2.34. The van der Waals surface area contributed by atoms with Crippen LogP contribution in [0.1, 0.15) is 31.2 Å². The number of aromatic nitrogens is 1. The summed E-state index contributed by atoms with van der Waals surface area (Å²) < 4.78 is 32.0. The van der Waals surface area contributed by atoms with E-state index in [1.54, 1.807) is 20.8 Å². The Morgan fingerprint density at radius 1 is 1.33 bits per heavy atom. The van der Waals surface area contributed by atoms with Crippen LogP contribution in [0.5, 0.6) is 0 Å². The lowest BCUT2D eigenvalue weighted by Crippen LogP contribution is -2.54. The molecule has 2 aliphatic rings. The highest BCUT2D eigenvalue weighted by atomic mass is 32.2. The highest BCUT2D eigenvalue weighted by molar-refractivity contribution is 7.89. The van der Waals surface area contributed by atoms with Gasteiger partial charge in [0.2, 0.25) is 15.9 Å². The number of nitriles is 1. The molecule has 1 saturated heterocycles. The van der Waals surface area contributed by atoms with Crippen LogP contribution < -0.4 is 5.32 Å². The van der Waals surface area contributed by atoms with E-state index < -0.39 is 15.6 Å². The molecule has 148 valence electrons. The van der Waals surface area contributed by atoms with Crippen LogP contribution in [-0.2, 0) is 14.8 Å². The first-order valence-electron chi connectivity index (χ1n) is 9.05. The van der Waals surface area contributed by atoms with Crippen LogP contribution in [0.15, 0.2) is 9.42 Å². The SMILES string of the molecule is Cc1noc(C)c1S(=O)(=O)N1CCN(CC(=O)NC(C)(C#N)C2CC2)CC1. The zero-order valence-electron chi connectivity index (χ0n) is 15.9. The van der Waals surface area contributed by atoms with Crippen LogP contribution in [0, 0.1) is 31.1 Å². The fraction of sp³-hybridized carbons (Fsp3) is 0.706. The van der Waals surface area contributed by atoms with E-state index in [1.807, 2.05) is 4.90 Å². The van der Waals surface area contributed by atoms with Crippen LogP contribution in [0.3, 0.4) is 0 Å². The lowest BCUT2D eigenvalue weighted by molar-refractivity contribution is -0.123. The maximum atomic E-state index is 12.8. The molecule has 10 heteroatoms. The minimum atomic E-state index is -3.66. The number of hydrogen-bond donors (Lipinski definition) is 1. The van der Waals surface area contributed by atoms with Gasteiger partial charge in [0.05, 0.1) is 12.6 Å². The Bertz CT molecular complexity index is 843. The maximum absolute atomic E-state index is 12.8. The van der Waals surface area contributed by atoms with Gasteiger partial charge in [-0.05, 0) is 39.5 Å². The molecule has 0 radical (unpaired) electrons. The van der Waals surface area contributed by atoms with Crippen molar-refractivity contribution < 1.29 is 17.7 Å². The smallest absolute Gasteiger partial charge is 0.248 e. The number of sulfonamides is 1. The molecule has 1 aromatic heterocycles. The summed E-state index contributed by atoms with van der Waals surface area (Å²) in [6.45, 7) is 6.58. The van der Waals surface area contributed by atoms with Crippen molar-refractivity contribution in [3.05, 3.63) is 11.5 Å². The molecule has 1 amide bonds. The Labute approximate surface area is 159 Å². The molecule has 1 N–H and O–H groups in total. The summed E-state index contributed by atoms with van der Waals surface area (Å²) in [5, 5.41) is 15.9. The topological polar surface area (TPSA) is 120 Å². The predicted molar refractivity (Wildman–Crippen MR) is 96.1 cm³/mol. The lowest BCUT2D eigenvalue weighted by atomic mass is 9.98. The number of nitrogens with one attached hydrogen (secondary N) is 1. The highest BCUT2D eigenvalue weighted by Gasteiger charge is 2.43. The van der Waals surface area contributed by atoms with Gasteiger partial charge in [0, 0.05) is 26.2 Å². The zero-order valence-corrected chi connectivity index (χ0v) is 16.7. The Hall–Kier alpha value is -1.96. The van der Waals surface area contributed by atoms with E-state index in [0.717, 1.165) is 12.8 Å². The van der Waals surface area contributed by atoms with E-state index in [1.165, 1.54) is 4.31 Å². The second-order valence-electron chi connectivity index (χ2n) is 7.47. The summed E-state index contributed by atoms with van der Waals surface area (Å²) in [6, 6.07) is 2.21. The second-order valence-corrected chi connectivity index (χ2v) is 9.34. The predicted octanol–water partition coefficient (Wildman–Crippen LogP) is 0.406. The molecule has 27 heavy (non-hydrogen) atoms. The Morgan fingerprint density at radius 2 is 1.96 bits per heavy atom. The molecular weight excluding hydrogens is 370 g/mol. The third-order valence-corrected chi connectivity index (χ3v) is 7.43. The first kappa shape index (κ1) is 19.8. The molecular formula is C17H25N5O4S. The van der Waals surface area contributed by atoms with Gasteiger partial charge < -0.3 is 9.84 Å². The van der Waals surface area contributed by atoms with Crippen molar-refractivity contribution in [2.75, 3.05) is 32.7 Å². The van der Waals surface area contributed by atoms with Gasteiger partial charge >= 0.3 is 0 Å². The summed E-state index contributed by atoms with van der Waals surface area (Å²) >= 11 is 0. The number of carbonyl (C=O) groups excluding carboxylic acids is 1. The van der Waals surface area contributed by atoms with Crippen LogP contribution in [-0.4, -0.2) is 66.9 Å². The molecule has 1 aliphatic heterocycles. The minimum Gasteiger partial charge on any atom is -0.360 e. The van der Waals surface area contributed by atoms with Crippen molar-refractivity contribution in [1.82, 2.24) is 19.7 Å². The molecule has 0 bridgehead atoms. The molecule has 2 heterocycles. The van der Waals surface area contributed by atoms with E-state index in [0.29, 0.717) is 18.8 Å². The molecule has 1 aromatic rings. The van der Waals surface area contributed by atoms with E-state index in [2.05, 4.69) is 16.5 Å². The quantitative estimate of drug-likeness (QED) is 0.740. The Morgan fingerprint density at radius 3 is 2.44 bits per heavy atom. The molecule has 2 fully saturated rings. The summed E-state index contributed by atoms with van der Waals surface area (Å²) in [4.78, 5) is 14.3. The average Bonchev–Trinajstić information content (AvgIpc) is 3.41. The highest BCUT2D eigenvalue weighted by Crippen LogP contribution is 2.39. The Kier molecular flexibility index (Phi) is 5.29. The number of rotatable bonds is 6. The summed E-state index contributed by atoms with van der Waals surface area (Å²) in [6.07, 6.45) is 1.92. The van der Waals surface area contributed by atoms with E-state index in [4.69, 9.17) is 4.52 Å². The van der Waals surface area contributed by atoms with Gasteiger partial charge in [-0.15, -0.1) is 0 Å². The monoisotopic (exact) mass is 395 g/mol. The number of piperazine rings is 1. The molecule has 3 rings (SSSR count). The van der Waals surface area contributed by atoms with Gasteiger partial charge in [0.25, 0.3) is 0 Å². The van der Waals surface area contributed by atoms with Gasteiger partial charge in [-0.1, -0.05) is 5.16 Å². The summed E-state index contributed by atoms with van der Waals surface area (Å²) in [7, 11) is -3.66. The van der Waals surface area contributed by atoms with Crippen LogP contribution in [0.4, 0.5) is 0 Å². The van der Waals surface area contributed by atoms with E-state index >= 15 is 0 Å². The van der Waals surface area contributed by atoms with Gasteiger partial charge in [-0.25, -0.2) is 8.42 Å². The fourth-order valence-corrected chi connectivity index (χ4v) is 5.23. The van der Waals surface area contributed by atoms with Crippen molar-refractivity contribution >= 4 is 15.9 Å². The summed E-state index contributed by atoms with van der Waals surface area (Å²) in [5.41, 5.74) is -0.462. The number of nitrogens with zero attached hydrogens (tertiary/aromatic N) is 4. The van der Waals surface area contributed by atoms with Gasteiger partial charge in [-0.2, -0.15) is 9.57 Å². The summed E-state index contributed by atoms with van der Waals surface area (Å²) in [5.74, 6) is 0.307. The molecule has 1 aliphatic carbocycles. The molecule has 1 unspecified atom stereocenters. The van der Waals surface area contributed by atoms with Crippen molar-refractivity contribution in [2.24, 2.45) is 5.92 Å². The van der Waals surface area contributed by atoms with E-state index in [9.17, 15) is 18.5 Å². The average molecular weight is 395 g/mol. The standard InChI is InChI=1S/C17H25N5O4S/c1-12-16(13(2)26-20-12)27(24,25)22-8-6-21(7-9-22)10-15(23)19-17(3,11-18)14-4-5-14/h14H,4-10H2,1-3H3,(H,19,23). The van der Waals surface area contributed by atoms with Crippen LogP contribution >= 0.6 is 0 Å². The number of hydrogen-bond acceptors (Lipinski definition) is 7. The van der Waals surface area contributed by atoms with Crippen molar-refractivity contribution in [1.29, 1.82) is 5.26 Å². The first-order valence-corrected chi connectivity index (χ1v) is 10.5.